The second kappa shape index (κ2) is 13.3. The SMILES string of the molecule is N/C(=C(\C=NC1CCCCC1)NC(=O)c1csc(-c2cnn(C3OC(CO)C(O)C(O)C3O)c2)n1)c1nc(F)ccc1F. The van der Waals surface area contributed by atoms with Crippen molar-refractivity contribution in [2.45, 2.75) is 68.8 Å². The molecule has 1 aliphatic heterocycles. The number of aliphatic imine (C=N–C) groups is 1. The van der Waals surface area contributed by atoms with Crippen molar-refractivity contribution in [3.63, 3.8) is 0 Å². The van der Waals surface area contributed by atoms with Crippen molar-refractivity contribution in [2.24, 2.45) is 10.7 Å². The van der Waals surface area contributed by atoms with E-state index in [2.05, 4.69) is 25.4 Å². The predicted molar refractivity (Wildman–Crippen MR) is 150 cm³/mol. The van der Waals surface area contributed by atoms with E-state index in [-0.39, 0.29) is 23.1 Å². The van der Waals surface area contributed by atoms with Crippen LogP contribution < -0.4 is 11.1 Å². The molecule has 0 radical (unpaired) electrons. The van der Waals surface area contributed by atoms with Crippen molar-refractivity contribution in [1.29, 1.82) is 0 Å². The standard InChI is InChI=1S/C27H31F2N7O6S/c28-15-6-7-19(29)35-21(15)20(30)16(9-31-14-4-2-1-3-5-14)33-25(41)17-12-43-26(34-17)13-8-32-36(10-13)27-24(40)23(39)22(38)18(11-37)42-27/h6-10,12,14,18,22-24,27,37-40H,1-5,11,30H2,(H,33,41)/b20-16+,31-9?. The van der Waals surface area contributed by atoms with Gasteiger partial charge in [-0.05, 0) is 25.0 Å². The number of amides is 1. The van der Waals surface area contributed by atoms with Crippen LogP contribution in [0.3, 0.4) is 0 Å². The number of hydrogen-bond acceptors (Lipinski definition) is 12. The van der Waals surface area contributed by atoms with Crippen LogP contribution in [0.5, 0.6) is 0 Å². The number of aliphatic hydroxyl groups excluding tert-OH is 4. The number of halogens is 2. The van der Waals surface area contributed by atoms with E-state index < -0.39 is 60.6 Å². The van der Waals surface area contributed by atoms with Gasteiger partial charge in [-0.1, -0.05) is 19.3 Å². The van der Waals surface area contributed by atoms with Crippen LogP contribution in [0.1, 0.15) is 54.5 Å². The molecule has 7 N–H and O–H groups in total. The van der Waals surface area contributed by atoms with Crippen LogP contribution in [0.2, 0.25) is 0 Å². The minimum Gasteiger partial charge on any atom is -0.395 e. The molecule has 5 atom stereocenters. The maximum atomic E-state index is 14.5. The van der Waals surface area contributed by atoms with Gasteiger partial charge in [-0.3, -0.25) is 9.79 Å². The number of rotatable bonds is 8. The Morgan fingerprint density at radius 1 is 1.16 bits per heavy atom. The molecule has 1 amide bonds. The van der Waals surface area contributed by atoms with Crippen LogP contribution >= 0.6 is 11.3 Å². The minimum atomic E-state index is -1.58. The third kappa shape index (κ3) is 6.79. The first-order valence-electron chi connectivity index (χ1n) is 13.6. The first kappa shape index (κ1) is 30.8. The molecule has 0 aromatic carbocycles. The zero-order chi connectivity index (χ0) is 30.7. The number of carbonyl (C=O) groups is 1. The number of hydrogen-bond donors (Lipinski definition) is 6. The van der Waals surface area contributed by atoms with Gasteiger partial charge in [-0.2, -0.15) is 9.49 Å². The smallest absolute Gasteiger partial charge is 0.275 e. The summed E-state index contributed by atoms with van der Waals surface area (Å²) in [5.41, 5.74) is 5.77. The molecule has 13 nitrogen and oxygen atoms in total. The van der Waals surface area contributed by atoms with Crippen molar-refractivity contribution >= 4 is 29.2 Å². The molecular weight excluding hydrogens is 588 g/mol. The zero-order valence-corrected chi connectivity index (χ0v) is 23.6. The van der Waals surface area contributed by atoms with Gasteiger partial charge in [0.2, 0.25) is 5.95 Å². The Kier molecular flexibility index (Phi) is 9.53. The molecule has 1 aliphatic carbocycles. The molecule has 3 aromatic rings. The third-order valence-corrected chi connectivity index (χ3v) is 8.20. The van der Waals surface area contributed by atoms with Gasteiger partial charge < -0.3 is 36.2 Å². The molecule has 1 saturated carbocycles. The summed E-state index contributed by atoms with van der Waals surface area (Å²) in [6, 6.07) is 1.75. The number of allylic oxidation sites excluding steroid dienone is 1. The molecule has 0 bridgehead atoms. The molecule has 5 rings (SSSR count). The van der Waals surface area contributed by atoms with E-state index in [4.69, 9.17) is 10.5 Å². The Bertz CT molecular complexity index is 1510. The van der Waals surface area contributed by atoms with Gasteiger partial charge in [0.05, 0.1) is 30.2 Å². The zero-order valence-electron chi connectivity index (χ0n) is 22.8. The summed E-state index contributed by atoms with van der Waals surface area (Å²) >= 11 is 1.11. The first-order chi connectivity index (χ1) is 20.7. The van der Waals surface area contributed by atoms with E-state index in [0.29, 0.717) is 10.6 Å². The fraction of sp³-hybridized carbons (Fsp3) is 0.444. The summed E-state index contributed by atoms with van der Waals surface area (Å²) in [4.78, 5) is 25.6. The number of nitrogens with two attached hydrogens (primary N) is 1. The fourth-order valence-electron chi connectivity index (χ4n) is 4.90. The van der Waals surface area contributed by atoms with E-state index in [0.717, 1.165) is 55.6 Å². The number of aromatic nitrogens is 4. The molecule has 4 heterocycles. The molecular formula is C27H31F2N7O6S. The molecule has 3 aromatic heterocycles. The van der Waals surface area contributed by atoms with Crippen molar-refractivity contribution in [2.75, 3.05) is 6.61 Å². The molecule has 5 unspecified atom stereocenters. The molecule has 2 fully saturated rings. The highest BCUT2D eigenvalue weighted by Crippen LogP contribution is 2.30. The number of ether oxygens (including phenoxy) is 1. The summed E-state index contributed by atoms with van der Waals surface area (Å²) < 4.78 is 35.0. The lowest BCUT2D eigenvalue weighted by Crippen LogP contribution is -2.56. The number of pyridine rings is 1. The molecule has 1 saturated heterocycles. The second-order valence-electron chi connectivity index (χ2n) is 10.3. The van der Waals surface area contributed by atoms with Gasteiger partial charge in [-0.25, -0.2) is 19.0 Å². The summed E-state index contributed by atoms with van der Waals surface area (Å²) in [6.45, 7) is -0.589. The average molecular weight is 620 g/mol. The number of thiazole rings is 1. The summed E-state index contributed by atoms with van der Waals surface area (Å²) in [6.07, 6.45) is 2.11. The number of carbonyl (C=O) groups excluding carboxylic acids is 1. The van der Waals surface area contributed by atoms with Crippen molar-refractivity contribution in [3.8, 4) is 10.6 Å². The Hall–Kier alpha value is -3.67. The summed E-state index contributed by atoms with van der Waals surface area (Å²) in [7, 11) is 0. The molecule has 43 heavy (non-hydrogen) atoms. The van der Waals surface area contributed by atoms with Gasteiger partial charge in [-0.15, -0.1) is 11.3 Å². The van der Waals surface area contributed by atoms with Gasteiger partial charge in [0, 0.05) is 23.4 Å². The van der Waals surface area contributed by atoms with Gasteiger partial charge >= 0.3 is 0 Å². The summed E-state index contributed by atoms with van der Waals surface area (Å²) in [5, 5.41) is 48.5. The fourth-order valence-corrected chi connectivity index (χ4v) is 5.67. The highest BCUT2D eigenvalue weighted by atomic mass is 32.1. The lowest BCUT2D eigenvalue weighted by molar-refractivity contribution is -0.253. The predicted octanol–water partition coefficient (Wildman–Crippen LogP) is 1.11. The highest BCUT2D eigenvalue weighted by Gasteiger charge is 2.44. The Labute approximate surface area is 248 Å². The van der Waals surface area contributed by atoms with E-state index in [9.17, 15) is 34.0 Å². The van der Waals surface area contributed by atoms with Gasteiger partial charge in [0.1, 0.15) is 40.8 Å². The second-order valence-corrected chi connectivity index (χ2v) is 11.1. The Balaban J connectivity index is 1.36. The monoisotopic (exact) mass is 619 g/mol. The quantitative estimate of drug-likeness (QED) is 0.157. The van der Waals surface area contributed by atoms with Crippen molar-refractivity contribution in [1.82, 2.24) is 25.1 Å². The largest absolute Gasteiger partial charge is 0.395 e. The maximum absolute atomic E-state index is 14.5. The Morgan fingerprint density at radius 2 is 1.93 bits per heavy atom. The first-order valence-corrected chi connectivity index (χ1v) is 14.5. The number of nitrogens with zero attached hydrogens (tertiary/aromatic N) is 5. The topological polar surface area (TPSA) is 201 Å². The van der Waals surface area contributed by atoms with E-state index in [1.54, 1.807) is 0 Å². The van der Waals surface area contributed by atoms with Crippen molar-refractivity contribution < 1.29 is 38.7 Å². The van der Waals surface area contributed by atoms with Crippen molar-refractivity contribution in [3.05, 3.63) is 58.8 Å². The molecule has 230 valence electrons. The van der Waals surface area contributed by atoms with Crippen LogP contribution in [0, 0.1) is 11.8 Å². The normalized spacial score (nSPS) is 25.6. The molecule has 16 heteroatoms. The Morgan fingerprint density at radius 3 is 2.67 bits per heavy atom. The van der Waals surface area contributed by atoms with Crippen LogP contribution in [0.25, 0.3) is 16.3 Å². The number of aliphatic hydroxyl groups is 4. The van der Waals surface area contributed by atoms with Crippen LogP contribution in [0.4, 0.5) is 8.78 Å². The lowest BCUT2D eigenvalue weighted by Gasteiger charge is -2.39. The van der Waals surface area contributed by atoms with E-state index in [1.165, 1.54) is 28.7 Å². The van der Waals surface area contributed by atoms with Crippen LogP contribution in [-0.2, 0) is 4.74 Å². The third-order valence-electron chi connectivity index (χ3n) is 7.31. The lowest BCUT2D eigenvalue weighted by atomic mass is 9.96. The van der Waals surface area contributed by atoms with E-state index >= 15 is 0 Å². The average Bonchev–Trinajstić information content (AvgIpc) is 3.70. The van der Waals surface area contributed by atoms with Crippen LogP contribution in [-0.4, -0.2) is 89.4 Å². The van der Waals surface area contributed by atoms with E-state index in [1.807, 2.05) is 0 Å². The van der Waals surface area contributed by atoms with Gasteiger partial charge in [0.15, 0.2) is 12.0 Å². The van der Waals surface area contributed by atoms with Gasteiger partial charge in [0.25, 0.3) is 5.91 Å². The molecule has 2 aliphatic rings. The minimum absolute atomic E-state index is 0.00451. The molecule has 0 spiro atoms. The van der Waals surface area contributed by atoms with Crippen LogP contribution in [0.15, 0.2) is 40.6 Å². The highest BCUT2D eigenvalue weighted by molar-refractivity contribution is 7.13. The maximum Gasteiger partial charge on any atom is 0.275 e. The summed E-state index contributed by atoms with van der Waals surface area (Å²) in [5.74, 6) is -2.50. The number of nitrogens with one attached hydrogen (secondary N) is 1.